The fourth-order valence-electron chi connectivity index (χ4n) is 3.24. The summed E-state index contributed by atoms with van der Waals surface area (Å²) in [7, 11) is 1.10. The van der Waals surface area contributed by atoms with Crippen molar-refractivity contribution in [2.24, 2.45) is 0 Å². The Morgan fingerprint density at radius 3 is 2.36 bits per heavy atom. The zero-order valence-electron chi connectivity index (χ0n) is 16.2. The van der Waals surface area contributed by atoms with E-state index in [0.29, 0.717) is 54.6 Å². The first-order valence-corrected chi connectivity index (χ1v) is 10.5. The first-order valence-electron chi connectivity index (χ1n) is 8.60. The van der Waals surface area contributed by atoms with Crippen molar-refractivity contribution in [2.75, 3.05) is 34.1 Å². The molecule has 1 aromatic heterocycles. The van der Waals surface area contributed by atoms with E-state index in [9.17, 15) is 13.2 Å². The highest BCUT2D eigenvalue weighted by Crippen LogP contribution is 2.35. The van der Waals surface area contributed by atoms with Crippen LogP contribution in [0.1, 0.15) is 16.8 Å². The van der Waals surface area contributed by atoms with Gasteiger partial charge in [0.1, 0.15) is 5.75 Å². The maximum atomic E-state index is 12.2. The lowest BCUT2D eigenvalue weighted by Gasteiger charge is -2.28. The van der Waals surface area contributed by atoms with Crippen LogP contribution in [0.3, 0.4) is 0 Å². The molecule has 0 saturated carbocycles. The number of fused-ring (bicyclic) bond motifs is 1. The van der Waals surface area contributed by atoms with Crippen molar-refractivity contribution < 1.29 is 22.6 Å². The highest BCUT2D eigenvalue weighted by Gasteiger charge is 2.24. The third kappa shape index (κ3) is 3.97. The van der Waals surface area contributed by atoms with E-state index >= 15 is 0 Å². The number of aromatic nitrogens is 2. The van der Waals surface area contributed by atoms with Crippen molar-refractivity contribution >= 4 is 9.84 Å². The van der Waals surface area contributed by atoms with E-state index in [2.05, 4.69) is 14.9 Å². The van der Waals surface area contributed by atoms with Crippen LogP contribution in [0.4, 0.5) is 0 Å². The highest BCUT2D eigenvalue weighted by molar-refractivity contribution is 7.90. The summed E-state index contributed by atoms with van der Waals surface area (Å²) in [6.07, 6.45) is 1.50. The summed E-state index contributed by atoms with van der Waals surface area (Å²) in [5, 5.41) is -0.304. The molecule has 9 nitrogen and oxygen atoms in total. The molecule has 1 aliphatic heterocycles. The number of nitrogens with zero attached hydrogens (tertiary/aromatic N) is 2. The van der Waals surface area contributed by atoms with Gasteiger partial charge >= 0.3 is 0 Å². The number of nitrogens with one attached hydrogen (secondary N) is 1. The fourth-order valence-corrected chi connectivity index (χ4v) is 3.79. The SMILES string of the molecule is COc1cc(OC)c(OC)cc1CN1CCc2c(nc(S(C)(=O)=O)[nH]c2=O)C1. The van der Waals surface area contributed by atoms with Crippen LogP contribution in [-0.4, -0.2) is 57.4 Å². The molecule has 0 radical (unpaired) electrons. The number of ether oxygens (including phenoxy) is 3. The maximum Gasteiger partial charge on any atom is 0.255 e. The largest absolute Gasteiger partial charge is 0.496 e. The Bertz CT molecular complexity index is 1050. The predicted octanol–water partition coefficient (Wildman–Crippen LogP) is 0.757. The van der Waals surface area contributed by atoms with Gasteiger partial charge in [0.05, 0.1) is 27.0 Å². The number of methoxy groups -OCH3 is 3. The Kier molecular flexibility index (Phi) is 5.61. The lowest BCUT2D eigenvalue weighted by Crippen LogP contribution is -2.35. The average molecular weight is 409 g/mol. The molecule has 0 saturated heterocycles. The number of sulfone groups is 1. The highest BCUT2D eigenvalue weighted by atomic mass is 32.2. The standard InChI is InChI=1S/C18H23N3O6S/c1-25-14-8-16(27-3)15(26-2)7-11(14)9-21-6-5-12-13(10-21)19-18(20-17(12)22)28(4,23)24/h7-8H,5-6,9-10H2,1-4H3,(H,19,20,22). The van der Waals surface area contributed by atoms with E-state index in [0.717, 1.165) is 11.8 Å². The quantitative estimate of drug-likeness (QED) is 0.696. The predicted molar refractivity (Wildman–Crippen MR) is 102 cm³/mol. The minimum Gasteiger partial charge on any atom is -0.496 e. The topological polar surface area (TPSA) is 111 Å². The number of hydrogen-bond donors (Lipinski definition) is 1. The zero-order chi connectivity index (χ0) is 20.5. The van der Waals surface area contributed by atoms with Crippen LogP contribution in [0.5, 0.6) is 17.2 Å². The molecule has 10 heteroatoms. The smallest absolute Gasteiger partial charge is 0.255 e. The monoisotopic (exact) mass is 409 g/mol. The molecule has 2 heterocycles. The van der Waals surface area contributed by atoms with Gasteiger partial charge in [-0.3, -0.25) is 14.7 Å². The first-order chi connectivity index (χ1) is 13.3. The van der Waals surface area contributed by atoms with Crippen molar-refractivity contribution in [2.45, 2.75) is 24.7 Å². The van der Waals surface area contributed by atoms with Crippen LogP contribution in [0.25, 0.3) is 0 Å². The summed E-state index contributed by atoms with van der Waals surface area (Å²) in [6, 6.07) is 3.61. The van der Waals surface area contributed by atoms with E-state index in [1.54, 1.807) is 27.4 Å². The van der Waals surface area contributed by atoms with Crippen molar-refractivity contribution in [3.8, 4) is 17.2 Å². The summed E-state index contributed by atoms with van der Waals surface area (Å²) in [5.41, 5.74) is 1.50. The second-order valence-corrected chi connectivity index (χ2v) is 8.48. The van der Waals surface area contributed by atoms with E-state index < -0.39 is 15.4 Å². The van der Waals surface area contributed by atoms with E-state index in [1.807, 2.05) is 6.07 Å². The van der Waals surface area contributed by atoms with Gasteiger partial charge in [-0.25, -0.2) is 13.4 Å². The minimum atomic E-state index is -3.60. The van der Waals surface area contributed by atoms with Crippen molar-refractivity contribution in [3.05, 3.63) is 39.3 Å². The maximum absolute atomic E-state index is 12.2. The Morgan fingerprint density at radius 2 is 1.75 bits per heavy atom. The number of benzene rings is 1. The molecule has 0 unspecified atom stereocenters. The third-order valence-corrected chi connectivity index (χ3v) is 5.56. The number of aromatic amines is 1. The Morgan fingerprint density at radius 1 is 1.11 bits per heavy atom. The van der Waals surface area contributed by atoms with Crippen LogP contribution in [-0.2, 0) is 29.3 Å². The molecule has 0 bridgehead atoms. The van der Waals surface area contributed by atoms with Gasteiger partial charge in [-0.05, 0) is 12.5 Å². The van der Waals surface area contributed by atoms with Crippen LogP contribution < -0.4 is 19.8 Å². The number of rotatable bonds is 6. The summed E-state index contributed by atoms with van der Waals surface area (Å²) in [5.74, 6) is 1.81. The van der Waals surface area contributed by atoms with Crippen molar-refractivity contribution in [1.82, 2.24) is 14.9 Å². The molecular weight excluding hydrogens is 386 g/mol. The molecular formula is C18H23N3O6S. The molecule has 1 N–H and O–H groups in total. The second-order valence-electron chi connectivity index (χ2n) is 6.55. The zero-order valence-corrected chi connectivity index (χ0v) is 17.1. The van der Waals surface area contributed by atoms with Gasteiger partial charge in [-0.1, -0.05) is 0 Å². The van der Waals surface area contributed by atoms with Gasteiger partial charge in [0.25, 0.3) is 5.56 Å². The molecule has 0 aliphatic carbocycles. The molecule has 1 aromatic carbocycles. The van der Waals surface area contributed by atoms with Gasteiger partial charge in [-0.15, -0.1) is 0 Å². The summed E-state index contributed by atoms with van der Waals surface area (Å²) in [6.45, 7) is 1.51. The Labute approximate surface area is 163 Å². The number of H-pyrrole nitrogens is 1. The molecule has 0 spiro atoms. The second kappa shape index (κ2) is 7.80. The molecule has 0 fully saturated rings. The summed E-state index contributed by atoms with van der Waals surface area (Å²) >= 11 is 0. The summed E-state index contributed by atoms with van der Waals surface area (Å²) in [4.78, 5) is 20.8. The molecule has 152 valence electrons. The van der Waals surface area contributed by atoms with Crippen molar-refractivity contribution in [3.63, 3.8) is 0 Å². The molecule has 0 amide bonds. The fraction of sp³-hybridized carbons (Fsp3) is 0.444. The molecule has 0 atom stereocenters. The minimum absolute atomic E-state index is 0.304. The van der Waals surface area contributed by atoms with Crippen LogP contribution in [0.2, 0.25) is 0 Å². The summed E-state index contributed by atoms with van der Waals surface area (Å²) < 4.78 is 39.7. The van der Waals surface area contributed by atoms with E-state index in [4.69, 9.17) is 14.2 Å². The van der Waals surface area contributed by atoms with Gasteiger partial charge in [0.2, 0.25) is 15.0 Å². The lowest BCUT2D eigenvalue weighted by molar-refractivity contribution is 0.235. The van der Waals surface area contributed by atoms with Gasteiger partial charge in [-0.2, -0.15) is 0 Å². The Hall–Kier alpha value is -2.59. The van der Waals surface area contributed by atoms with Gasteiger partial charge in [0, 0.05) is 43.1 Å². The first kappa shape index (κ1) is 20.2. The van der Waals surface area contributed by atoms with Crippen LogP contribution >= 0.6 is 0 Å². The van der Waals surface area contributed by atoms with Crippen molar-refractivity contribution in [1.29, 1.82) is 0 Å². The normalized spacial score (nSPS) is 14.4. The van der Waals surface area contributed by atoms with Crippen LogP contribution in [0.15, 0.2) is 22.1 Å². The number of hydrogen-bond acceptors (Lipinski definition) is 8. The lowest BCUT2D eigenvalue weighted by atomic mass is 10.1. The Balaban J connectivity index is 1.91. The molecule has 2 aromatic rings. The van der Waals surface area contributed by atoms with E-state index in [-0.39, 0.29) is 5.16 Å². The van der Waals surface area contributed by atoms with Gasteiger partial charge in [0.15, 0.2) is 11.5 Å². The van der Waals surface area contributed by atoms with Gasteiger partial charge < -0.3 is 14.2 Å². The van der Waals surface area contributed by atoms with Crippen LogP contribution in [0, 0.1) is 0 Å². The molecule has 1 aliphatic rings. The molecule has 28 heavy (non-hydrogen) atoms. The third-order valence-electron chi connectivity index (χ3n) is 4.66. The molecule has 3 rings (SSSR count). The average Bonchev–Trinajstić information content (AvgIpc) is 2.66. The van der Waals surface area contributed by atoms with E-state index in [1.165, 1.54) is 0 Å².